The van der Waals surface area contributed by atoms with Gasteiger partial charge in [-0.2, -0.15) is 0 Å². The van der Waals surface area contributed by atoms with Gasteiger partial charge in [0.1, 0.15) is 0 Å². The van der Waals surface area contributed by atoms with Gasteiger partial charge in [-0.05, 0) is 18.8 Å². The SMILES string of the molecule is CCC(CC)c1cc(CNC(=NC)NCC(C)CN2CCOCC2)on1.I. The summed E-state index contributed by atoms with van der Waals surface area (Å²) in [5.41, 5.74) is 1.05. The number of aliphatic imine (C=N–C) groups is 1. The molecule has 1 aromatic heterocycles. The Morgan fingerprint density at radius 1 is 1.26 bits per heavy atom. The van der Waals surface area contributed by atoms with Crippen molar-refractivity contribution in [2.45, 2.75) is 46.1 Å². The van der Waals surface area contributed by atoms with Crippen molar-refractivity contribution in [3.63, 3.8) is 0 Å². The van der Waals surface area contributed by atoms with Crippen molar-refractivity contribution in [3.8, 4) is 0 Å². The third-order valence-corrected chi connectivity index (χ3v) is 4.93. The predicted octanol–water partition coefficient (Wildman–Crippen LogP) is 2.83. The Kier molecular flexibility index (Phi) is 11.9. The van der Waals surface area contributed by atoms with E-state index in [1.807, 2.05) is 0 Å². The maximum atomic E-state index is 5.46. The molecule has 7 nitrogen and oxygen atoms in total. The van der Waals surface area contributed by atoms with Gasteiger partial charge in [0.05, 0.1) is 25.5 Å². The lowest BCUT2D eigenvalue weighted by atomic mass is 9.99. The van der Waals surface area contributed by atoms with Crippen LogP contribution < -0.4 is 10.6 Å². The third-order valence-electron chi connectivity index (χ3n) is 4.93. The molecule has 0 aromatic carbocycles. The monoisotopic (exact) mass is 493 g/mol. The smallest absolute Gasteiger partial charge is 0.191 e. The van der Waals surface area contributed by atoms with Crippen molar-refractivity contribution in [2.24, 2.45) is 10.9 Å². The van der Waals surface area contributed by atoms with Crippen molar-refractivity contribution in [2.75, 3.05) is 46.4 Å². The molecule has 0 spiro atoms. The van der Waals surface area contributed by atoms with Crippen LogP contribution in [0.1, 0.15) is 51.0 Å². The van der Waals surface area contributed by atoms with Crippen molar-refractivity contribution in [1.29, 1.82) is 0 Å². The highest BCUT2D eigenvalue weighted by molar-refractivity contribution is 14.0. The van der Waals surface area contributed by atoms with E-state index in [1.54, 1.807) is 7.05 Å². The lowest BCUT2D eigenvalue weighted by molar-refractivity contribution is 0.0320. The van der Waals surface area contributed by atoms with Gasteiger partial charge in [-0.25, -0.2) is 0 Å². The second kappa shape index (κ2) is 13.3. The highest BCUT2D eigenvalue weighted by atomic mass is 127. The maximum absolute atomic E-state index is 5.46. The summed E-state index contributed by atoms with van der Waals surface area (Å²) in [6, 6.07) is 2.05. The van der Waals surface area contributed by atoms with E-state index in [9.17, 15) is 0 Å². The third kappa shape index (κ3) is 8.35. The first-order valence-corrected chi connectivity index (χ1v) is 9.86. The van der Waals surface area contributed by atoms with Crippen molar-refractivity contribution < 1.29 is 9.26 Å². The van der Waals surface area contributed by atoms with Gasteiger partial charge in [-0.3, -0.25) is 9.89 Å². The van der Waals surface area contributed by atoms with E-state index >= 15 is 0 Å². The number of rotatable bonds is 9. The topological polar surface area (TPSA) is 74.9 Å². The molecule has 2 N–H and O–H groups in total. The van der Waals surface area contributed by atoms with Crippen LogP contribution in [0.2, 0.25) is 0 Å². The standard InChI is InChI=1S/C19H35N5O2.HI/c1-5-16(6-2)18-11-17(26-23-18)13-22-19(20-4)21-12-15(3)14-24-7-9-25-10-8-24;/h11,15-16H,5-10,12-14H2,1-4H3,(H2,20,21,22);1H. The fourth-order valence-electron chi connectivity index (χ4n) is 3.26. The number of nitrogens with one attached hydrogen (secondary N) is 2. The first kappa shape index (κ1) is 24.2. The largest absolute Gasteiger partial charge is 0.379 e. The second-order valence-electron chi connectivity index (χ2n) is 7.06. The maximum Gasteiger partial charge on any atom is 0.191 e. The van der Waals surface area contributed by atoms with Gasteiger partial charge in [0, 0.05) is 45.2 Å². The zero-order valence-corrected chi connectivity index (χ0v) is 19.5. The van der Waals surface area contributed by atoms with E-state index in [-0.39, 0.29) is 24.0 Å². The summed E-state index contributed by atoms with van der Waals surface area (Å²) in [5, 5.41) is 10.9. The van der Waals surface area contributed by atoms with Crippen LogP contribution in [0, 0.1) is 5.92 Å². The Labute approximate surface area is 180 Å². The van der Waals surface area contributed by atoms with E-state index in [0.717, 1.165) is 69.6 Å². The Hall–Kier alpha value is -0.870. The van der Waals surface area contributed by atoms with Crippen LogP contribution in [0.3, 0.4) is 0 Å². The van der Waals surface area contributed by atoms with E-state index in [2.05, 4.69) is 52.5 Å². The van der Waals surface area contributed by atoms with Gasteiger partial charge in [0.2, 0.25) is 0 Å². The van der Waals surface area contributed by atoms with E-state index in [0.29, 0.717) is 18.4 Å². The first-order valence-electron chi connectivity index (χ1n) is 9.86. The molecule has 156 valence electrons. The molecule has 1 atom stereocenters. The fraction of sp³-hybridized carbons (Fsp3) is 0.789. The molecular formula is C19H36IN5O2. The summed E-state index contributed by atoms with van der Waals surface area (Å²) >= 11 is 0. The molecule has 0 saturated carbocycles. The molecule has 0 radical (unpaired) electrons. The molecule has 1 saturated heterocycles. The molecule has 1 fully saturated rings. The number of hydrogen-bond donors (Lipinski definition) is 2. The normalized spacial score (nSPS) is 16.9. The van der Waals surface area contributed by atoms with Gasteiger partial charge >= 0.3 is 0 Å². The molecular weight excluding hydrogens is 457 g/mol. The minimum atomic E-state index is 0. The summed E-state index contributed by atoms with van der Waals surface area (Å²) in [4.78, 5) is 6.75. The van der Waals surface area contributed by atoms with Crippen LogP contribution in [-0.4, -0.2) is 62.5 Å². The number of aromatic nitrogens is 1. The number of morpholine rings is 1. The average molecular weight is 493 g/mol. The molecule has 1 aliphatic rings. The molecule has 1 aliphatic heterocycles. The zero-order valence-electron chi connectivity index (χ0n) is 17.2. The molecule has 1 unspecified atom stereocenters. The van der Waals surface area contributed by atoms with Crippen molar-refractivity contribution in [1.82, 2.24) is 20.7 Å². The molecule has 0 amide bonds. The number of halogens is 1. The van der Waals surface area contributed by atoms with Gasteiger partial charge in [0.15, 0.2) is 11.7 Å². The van der Waals surface area contributed by atoms with Gasteiger partial charge in [-0.15, -0.1) is 24.0 Å². The quantitative estimate of drug-likeness (QED) is 0.313. The molecule has 8 heteroatoms. The number of ether oxygens (including phenoxy) is 1. The van der Waals surface area contributed by atoms with Crippen LogP contribution in [0.5, 0.6) is 0 Å². The van der Waals surface area contributed by atoms with Gasteiger partial charge in [0.25, 0.3) is 0 Å². The Morgan fingerprint density at radius 2 is 1.96 bits per heavy atom. The number of guanidine groups is 1. The van der Waals surface area contributed by atoms with Gasteiger partial charge < -0.3 is 19.9 Å². The van der Waals surface area contributed by atoms with Crippen LogP contribution in [0.4, 0.5) is 0 Å². The second-order valence-corrected chi connectivity index (χ2v) is 7.06. The molecule has 2 heterocycles. The first-order chi connectivity index (χ1) is 12.7. The average Bonchev–Trinajstić information content (AvgIpc) is 3.12. The summed E-state index contributed by atoms with van der Waals surface area (Å²) in [6.07, 6.45) is 2.17. The predicted molar refractivity (Wildman–Crippen MR) is 120 cm³/mol. The lowest BCUT2D eigenvalue weighted by Gasteiger charge is -2.29. The van der Waals surface area contributed by atoms with Crippen LogP contribution in [0.15, 0.2) is 15.6 Å². The minimum absolute atomic E-state index is 0. The Morgan fingerprint density at radius 3 is 2.59 bits per heavy atom. The number of hydrogen-bond acceptors (Lipinski definition) is 5. The van der Waals surface area contributed by atoms with E-state index in [4.69, 9.17) is 9.26 Å². The molecule has 27 heavy (non-hydrogen) atoms. The van der Waals surface area contributed by atoms with Crippen molar-refractivity contribution >= 4 is 29.9 Å². The molecule has 1 aromatic rings. The lowest BCUT2D eigenvalue weighted by Crippen LogP contribution is -2.43. The van der Waals surface area contributed by atoms with Crippen molar-refractivity contribution in [3.05, 3.63) is 17.5 Å². The Bertz CT molecular complexity index is 542. The highest BCUT2D eigenvalue weighted by Gasteiger charge is 2.15. The van der Waals surface area contributed by atoms with Crippen LogP contribution >= 0.6 is 24.0 Å². The molecule has 2 rings (SSSR count). The summed E-state index contributed by atoms with van der Waals surface area (Å²) < 4.78 is 10.9. The minimum Gasteiger partial charge on any atom is -0.379 e. The fourth-order valence-corrected chi connectivity index (χ4v) is 3.26. The zero-order chi connectivity index (χ0) is 18.8. The summed E-state index contributed by atoms with van der Waals surface area (Å²) in [5.74, 6) is 2.65. The Balaban J connectivity index is 0.00000364. The van der Waals surface area contributed by atoms with E-state index < -0.39 is 0 Å². The summed E-state index contributed by atoms with van der Waals surface area (Å²) in [6.45, 7) is 12.9. The van der Waals surface area contributed by atoms with Gasteiger partial charge in [-0.1, -0.05) is 25.9 Å². The van der Waals surface area contributed by atoms with Crippen LogP contribution in [-0.2, 0) is 11.3 Å². The number of nitrogens with zero attached hydrogens (tertiary/aromatic N) is 3. The highest BCUT2D eigenvalue weighted by Crippen LogP contribution is 2.22. The molecule has 0 bridgehead atoms. The van der Waals surface area contributed by atoms with E-state index in [1.165, 1.54) is 0 Å². The summed E-state index contributed by atoms with van der Waals surface area (Å²) in [7, 11) is 1.79. The molecule has 0 aliphatic carbocycles. The van der Waals surface area contributed by atoms with Crippen LogP contribution in [0.25, 0.3) is 0 Å².